The standard InChI is InChI=1S/C20H25NO2/c1-14(2)9-10-23-19-7-5-17(6-8-19)20(22)21-18-12-15(3)11-16(4)13-18/h5-8,11-14H,9-10H2,1-4H3,(H,21,22). The fourth-order valence-electron chi connectivity index (χ4n) is 2.37. The minimum Gasteiger partial charge on any atom is -0.494 e. The highest BCUT2D eigenvalue weighted by Crippen LogP contribution is 2.17. The molecule has 2 rings (SSSR count). The summed E-state index contributed by atoms with van der Waals surface area (Å²) in [7, 11) is 0. The predicted octanol–water partition coefficient (Wildman–Crippen LogP) is 4.98. The molecule has 0 atom stereocenters. The highest BCUT2D eigenvalue weighted by molar-refractivity contribution is 6.04. The Bertz CT molecular complexity index is 640. The van der Waals surface area contributed by atoms with E-state index in [1.54, 1.807) is 12.1 Å². The fraction of sp³-hybridized carbons (Fsp3) is 0.350. The molecule has 0 spiro atoms. The summed E-state index contributed by atoms with van der Waals surface area (Å²) in [6.07, 6.45) is 1.02. The summed E-state index contributed by atoms with van der Waals surface area (Å²) in [5, 5.41) is 2.94. The molecule has 2 aromatic carbocycles. The number of anilines is 1. The minimum atomic E-state index is -0.108. The zero-order chi connectivity index (χ0) is 16.8. The maximum Gasteiger partial charge on any atom is 0.255 e. The van der Waals surface area contributed by atoms with Gasteiger partial charge in [0.15, 0.2) is 0 Å². The van der Waals surface area contributed by atoms with Gasteiger partial charge in [0.25, 0.3) is 5.91 Å². The lowest BCUT2D eigenvalue weighted by molar-refractivity contribution is 0.102. The number of carbonyl (C=O) groups is 1. The summed E-state index contributed by atoms with van der Waals surface area (Å²) >= 11 is 0. The predicted molar refractivity (Wildman–Crippen MR) is 95.3 cm³/mol. The van der Waals surface area contributed by atoms with E-state index in [2.05, 4.69) is 25.2 Å². The van der Waals surface area contributed by atoms with E-state index in [0.29, 0.717) is 18.1 Å². The Morgan fingerprint density at radius 2 is 1.65 bits per heavy atom. The van der Waals surface area contributed by atoms with Gasteiger partial charge in [0.05, 0.1) is 6.61 Å². The molecule has 0 saturated heterocycles. The summed E-state index contributed by atoms with van der Waals surface area (Å²) in [4.78, 5) is 12.3. The molecule has 23 heavy (non-hydrogen) atoms. The van der Waals surface area contributed by atoms with Crippen molar-refractivity contribution in [2.45, 2.75) is 34.1 Å². The van der Waals surface area contributed by atoms with E-state index in [1.807, 2.05) is 38.1 Å². The lowest BCUT2D eigenvalue weighted by atomic mass is 10.1. The third-order valence-electron chi connectivity index (χ3n) is 3.56. The van der Waals surface area contributed by atoms with E-state index in [9.17, 15) is 4.79 Å². The van der Waals surface area contributed by atoms with Crippen LogP contribution in [-0.2, 0) is 0 Å². The maximum atomic E-state index is 12.3. The quantitative estimate of drug-likeness (QED) is 0.817. The fourth-order valence-corrected chi connectivity index (χ4v) is 2.37. The Morgan fingerprint density at radius 1 is 1.04 bits per heavy atom. The molecule has 122 valence electrons. The molecule has 3 nitrogen and oxygen atoms in total. The van der Waals surface area contributed by atoms with Gasteiger partial charge in [-0.25, -0.2) is 0 Å². The first-order chi connectivity index (χ1) is 10.9. The van der Waals surface area contributed by atoms with Gasteiger partial charge in [-0.15, -0.1) is 0 Å². The third kappa shape index (κ3) is 5.44. The topological polar surface area (TPSA) is 38.3 Å². The van der Waals surface area contributed by atoms with Crippen molar-refractivity contribution >= 4 is 11.6 Å². The van der Waals surface area contributed by atoms with Crippen LogP contribution in [-0.4, -0.2) is 12.5 Å². The van der Waals surface area contributed by atoms with Gasteiger partial charge in [-0.05, 0) is 73.7 Å². The number of hydrogen-bond donors (Lipinski definition) is 1. The van der Waals surface area contributed by atoms with Crippen LogP contribution in [0.4, 0.5) is 5.69 Å². The Balaban J connectivity index is 1.97. The summed E-state index contributed by atoms with van der Waals surface area (Å²) in [5.41, 5.74) is 3.72. The van der Waals surface area contributed by atoms with E-state index in [4.69, 9.17) is 4.74 Å². The molecule has 0 saturated carbocycles. The Morgan fingerprint density at radius 3 is 2.22 bits per heavy atom. The van der Waals surface area contributed by atoms with Gasteiger partial charge in [0.2, 0.25) is 0 Å². The van der Waals surface area contributed by atoms with E-state index < -0.39 is 0 Å². The SMILES string of the molecule is Cc1cc(C)cc(NC(=O)c2ccc(OCCC(C)C)cc2)c1. The van der Waals surface area contributed by atoms with Gasteiger partial charge in [-0.1, -0.05) is 19.9 Å². The normalized spacial score (nSPS) is 10.7. The van der Waals surface area contributed by atoms with Crippen molar-refractivity contribution < 1.29 is 9.53 Å². The molecular weight excluding hydrogens is 286 g/mol. The summed E-state index contributed by atoms with van der Waals surface area (Å²) in [6, 6.07) is 13.3. The molecule has 0 radical (unpaired) electrons. The summed E-state index contributed by atoms with van der Waals surface area (Å²) in [5.74, 6) is 1.31. The van der Waals surface area contributed by atoms with Gasteiger partial charge in [0, 0.05) is 11.3 Å². The van der Waals surface area contributed by atoms with E-state index >= 15 is 0 Å². The van der Waals surface area contributed by atoms with Crippen molar-refractivity contribution in [2.75, 3.05) is 11.9 Å². The number of aryl methyl sites for hydroxylation is 2. The van der Waals surface area contributed by atoms with Crippen molar-refractivity contribution in [3.63, 3.8) is 0 Å². The van der Waals surface area contributed by atoms with Crippen LogP contribution in [0.5, 0.6) is 5.75 Å². The maximum absolute atomic E-state index is 12.3. The third-order valence-corrected chi connectivity index (χ3v) is 3.56. The van der Waals surface area contributed by atoms with Gasteiger partial charge in [-0.2, -0.15) is 0 Å². The highest BCUT2D eigenvalue weighted by Gasteiger charge is 2.07. The molecular formula is C20H25NO2. The molecule has 1 N–H and O–H groups in total. The van der Waals surface area contributed by atoms with Crippen LogP contribution >= 0.6 is 0 Å². The molecule has 3 heteroatoms. The Kier molecular flexibility index (Phi) is 5.80. The van der Waals surface area contributed by atoms with Crippen LogP contribution in [0.15, 0.2) is 42.5 Å². The van der Waals surface area contributed by atoms with Gasteiger partial charge in [-0.3, -0.25) is 4.79 Å². The lowest BCUT2D eigenvalue weighted by Gasteiger charge is -2.10. The number of amides is 1. The van der Waals surface area contributed by atoms with Crippen LogP contribution in [0.3, 0.4) is 0 Å². The van der Waals surface area contributed by atoms with Crippen LogP contribution in [0, 0.1) is 19.8 Å². The largest absolute Gasteiger partial charge is 0.494 e. The minimum absolute atomic E-state index is 0.108. The first-order valence-corrected chi connectivity index (χ1v) is 8.06. The van der Waals surface area contributed by atoms with Crippen molar-refractivity contribution in [1.29, 1.82) is 0 Å². The number of ether oxygens (including phenoxy) is 1. The average Bonchev–Trinajstić information content (AvgIpc) is 2.46. The molecule has 0 aliphatic carbocycles. The van der Waals surface area contributed by atoms with E-state index in [0.717, 1.165) is 29.0 Å². The molecule has 0 unspecified atom stereocenters. The molecule has 1 amide bonds. The lowest BCUT2D eigenvalue weighted by Crippen LogP contribution is -2.12. The Hall–Kier alpha value is -2.29. The van der Waals surface area contributed by atoms with Gasteiger partial charge < -0.3 is 10.1 Å². The molecule has 0 bridgehead atoms. The van der Waals surface area contributed by atoms with Crippen molar-refractivity contribution in [3.05, 3.63) is 59.2 Å². The summed E-state index contributed by atoms with van der Waals surface area (Å²) in [6.45, 7) is 9.08. The van der Waals surface area contributed by atoms with Gasteiger partial charge >= 0.3 is 0 Å². The monoisotopic (exact) mass is 311 g/mol. The Labute approximate surface area is 138 Å². The molecule has 0 aliphatic rings. The number of rotatable bonds is 6. The molecule has 0 heterocycles. The second-order valence-corrected chi connectivity index (χ2v) is 6.39. The first-order valence-electron chi connectivity index (χ1n) is 8.06. The molecule has 2 aromatic rings. The smallest absolute Gasteiger partial charge is 0.255 e. The van der Waals surface area contributed by atoms with Crippen molar-refractivity contribution in [1.82, 2.24) is 0 Å². The van der Waals surface area contributed by atoms with Crippen LogP contribution in [0.25, 0.3) is 0 Å². The summed E-state index contributed by atoms with van der Waals surface area (Å²) < 4.78 is 5.67. The van der Waals surface area contributed by atoms with Crippen molar-refractivity contribution in [3.8, 4) is 5.75 Å². The van der Waals surface area contributed by atoms with Gasteiger partial charge in [0.1, 0.15) is 5.75 Å². The van der Waals surface area contributed by atoms with Crippen LogP contribution < -0.4 is 10.1 Å². The highest BCUT2D eigenvalue weighted by atomic mass is 16.5. The van der Waals surface area contributed by atoms with Crippen LogP contribution in [0.2, 0.25) is 0 Å². The number of nitrogens with one attached hydrogen (secondary N) is 1. The first kappa shape index (κ1) is 17.1. The van der Waals surface area contributed by atoms with E-state index in [1.165, 1.54) is 0 Å². The van der Waals surface area contributed by atoms with Crippen LogP contribution in [0.1, 0.15) is 41.8 Å². The molecule has 0 aromatic heterocycles. The number of benzene rings is 2. The zero-order valence-corrected chi connectivity index (χ0v) is 14.3. The number of carbonyl (C=O) groups excluding carboxylic acids is 1. The average molecular weight is 311 g/mol. The van der Waals surface area contributed by atoms with E-state index in [-0.39, 0.29) is 5.91 Å². The molecule has 0 aliphatic heterocycles. The zero-order valence-electron chi connectivity index (χ0n) is 14.3. The van der Waals surface area contributed by atoms with Crippen molar-refractivity contribution in [2.24, 2.45) is 5.92 Å². The number of hydrogen-bond acceptors (Lipinski definition) is 2. The molecule has 0 fully saturated rings. The second-order valence-electron chi connectivity index (χ2n) is 6.39. The second kappa shape index (κ2) is 7.82.